The van der Waals surface area contributed by atoms with Crippen molar-refractivity contribution in [1.82, 2.24) is 20.4 Å². The molecule has 0 saturated heterocycles. The van der Waals surface area contributed by atoms with E-state index < -0.39 is 6.03 Å². The molecule has 2 aromatic rings. The minimum absolute atomic E-state index is 0.0363. The van der Waals surface area contributed by atoms with E-state index in [4.69, 9.17) is 0 Å². The highest BCUT2D eigenvalue weighted by Gasteiger charge is 2.16. The van der Waals surface area contributed by atoms with Crippen molar-refractivity contribution in [2.45, 2.75) is 45.1 Å². The molecule has 0 radical (unpaired) electrons. The van der Waals surface area contributed by atoms with Crippen molar-refractivity contribution in [2.75, 3.05) is 11.9 Å². The van der Waals surface area contributed by atoms with Gasteiger partial charge in [0.25, 0.3) is 0 Å². The van der Waals surface area contributed by atoms with Gasteiger partial charge in [-0.1, -0.05) is 31.4 Å². The van der Waals surface area contributed by atoms with Gasteiger partial charge in [0.1, 0.15) is 0 Å². The molecule has 3 amide bonds. The maximum absolute atomic E-state index is 12.2. The maximum atomic E-state index is 12.2. The van der Waals surface area contributed by atoms with Crippen molar-refractivity contribution in [2.24, 2.45) is 0 Å². The average molecular weight is 355 g/mol. The molecule has 1 heterocycles. The van der Waals surface area contributed by atoms with Crippen molar-refractivity contribution in [3.63, 3.8) is 0 Å². The second-order valence-electron chi connectivity index (χ2n) is 6.63. The molecule has 26 heavy (non-hydrogen) atoms. The Morgan fingerprint density at radius 1 is 1.15 bits per heavy atom. The van der Waals surface area contributed by atoms with Crippen molar-refractivity contribution < 1.29 is 9.59 Å². The van der Waals surface area contributed by atoms with Gasteiger partial charge in [0, 0.05) is 12.2 Å². The molecule has 138 valence electrons. The van der Waals surface area contributed by atoms with Crippen LogP contribution in [0.2, 0.25) is 0 Å². The summed E-state index contributed by atoms with van der Waals surface area (Å²) in [4.78, 5) is 24.2. The summed E-state index contributed by atoms with van der Waals surface area (Å²) in [5.74, 6) is -0.150. The van der Waals surface area contributed by atoms with Gasteiger partial charge in [0.05, 0.1) is 23.6 Å². The highest BCUT2D eigenvalue weighted by Crippen LogP contribution is 2.19. The smallest absolute Gasteiger partial charge is 0.319 e. The van der Waals surface area contributed by atoms with Gasteiger partial charge in [-0.15, -0.1) is 0 Å². The number of carbonyl (C=O) groups excluding carboxylic acids is 2. The molecule has 1 aromatic carbocycles. The van der Waals surface area contributed by atoms with E-state index in [0.29, 0.717) is 5.69 Å². The van der Waals surface area contributed by atoms with E-state index in [-0.39, 0.29) is 18.5 Å². The van der Waals surface area contributed by atoms with Crippen LogP contribution < -0.4 is 16.0 Å². The number of hydrogen-bond acceptors (Lipinski definition) is 3. The minimum atomic E-state index is -0.417. The number of rotatable bonds is 5. The lowest BCUT2D eigenvalue weighted by molar-refractivity contribution is -0.120. The number of amides is 3. The van der Waals surface area contributed by atoms with Gasteiger partial charge in [-0.3, -0.25) is 4.79 Å². The van der Waals surface area contributed by atoms with Crippen molar-refractivity contribution in [3.05, 3.63) is 42.2 Å². The van der Waals surface area contributed by atoms with Gasteiger partial charge >= 0.3 is 6.03 Å². The summed E-state index contributed by atoms with van der Waals surface area (Å²) in [6.07, 6.45) is 7.43. The van der Waals surface area contributed by atoms with Crippen molar-refractivity contribution in [1.29, 1.82) is 0 Å². The first-order chi connectivity index (χ1) is 12.6. The quantitative estimate of drug-likeness (QED) is 0.770. The fourth-order valence-corrected chi connectivity index (χ4v) is 3.18. The number of urea groups is 1. The zero-order valence-electron chi connectivity index (χ0n) is 15.0. The molecule has 1 aliphatic carbocycles. The van der Waals surface area contributed by atoms with Crippen LogP contribution in [0.5, 0.6) is 0 Å². The van der Waals surface area contributed by atoms with Gasteiger partial charge < -0.3 is 16.0 Å². The van der Waals surface area contributed by atoms with E-state index >= 15 is 0 Å². The molecule has 0 spiro atoms. The Balaban J connectivity index is 1.53. The number of aryl methyl sites for hydroxylation is 1. The van der Waals surface area contributed by atoms with E-state index in [1.807, 2.05) is 37.4 Å². The topological polar surface area (TPSA) is 88.0 Å². The molecular formula is C19H25N5O2. The van der Waals surface area contributed by atoms with Crippen LogP contribution in [0.15, 0.2) is 36.5 Å². The van der Waals surface area contributed by atoms with Gasteiger partial charge in [-0.05, 0) is 38.0 Å². The normalized spacial score (nSPS) is 14.7. The molecule has 7 nitrogen and oxygen atoms in total. The molecule has 1 fully saturated rings. The third-order valence-electron chi connectivity index (χ3n) is 4.50. The maximum Gasteiger partial charge on any atom is 0.319 e. The number of carbonyl (C=O) groups is 2. The number of para-hydroxylation sites is 2. The van der Waals surface area contributed by atoms with Gasteiger partial charge in [-0.2, -0.15) is 5.10 Å². The Bertz CT molecular complexity index is 765. The van der Waals surface area contributed by atoms with Crippen LogP contribution in [0, 0.1) is 6.92 Å². The zero-order valence-corrected chi connectivity index (χ0v) is 15.0. The van der Waals surface area contributed by atoms with Gasteiger partial charge in [0.15, 0.2) is 0 Å². The number of anilines is 1. The van der Waals surface area contributed by atoms with E-state index in [0.717, 1.165) is 37.1 Å². The number of benzene rings is 1. The molecule has 7 heteroatoms. The number of nitrogens with one attached hydrogen (secondary N) is 3. The fourth-order valence-electron chi connectivity index (χ4n) is 3.18. The van der Waals surface area contributed by atoms with Crippen molar-refractivity contribution in [3.8, 4) is 5.69 Å². The van der Waals surface area contributed by atoms with Crippen molar-refractivity contribution >= 4 is 17.6 Å². The van der Waals surface area contributed by atoms with Gasteiger partial charge in [0.2, 0.25) is 5.91 Å². The predicted octanol–water partition coefficient (Wildman–Crippen LogP) is 2.75. The number of nitrogens with zero attached hydrogens (tertiary/aromatic N) is 2. The first-order valence-electron chi connectivity index (χ1n) is 9.08. The highest BCUT2D eigenvalue weighted by molar-refractivity contribution is 5.93. The zero-order chi connectivity index (χ0) is 18.4. The minimum Gasteiger partial charge on any atom is -0.352 e. The molecule has 0 aliphatic heterocycles. The van der Waals surface area contributed by atoms with Crippen LogP contribution in [0.1, 0.15) is 37.8 Å². The van der Waals surface area contributed by atoms with E-state index in [2.05, 4.69) is 21.0 Å². The first kappa shape index (κ1) is 18.0. The predicted molar refractivity (Wildman–Crippen MR) is 100 cm³/mol. The third-order valence-corrected chi connectivity index (χ3v) is 4.50. The second kappa shape index (κ2) is 8.51. The Morgan fingerprint density at radius 2 is 1.92 bits per heavy atom. The number of aromatic nitrogens is 2. The third kappa shape index (κ3) is 4.84. The van der Waals surface area contributed by atoms with Crippen LogP contribution in [0.4, 0.5) is 10.5 Å². The Kier molecular flexibility index (Phi) is 5.88. The Labute approximate surface area is 153 Å². The van der Waals surface area contributed by atoms with E-state index in [1.54, 1.807) is 10.7 Å². The molecule has 1 aliphatic rings. The lowest BCUT2D eigenvalue weighted by Crippen LogP contribution is -2.43. The largest absolute Gasteiger partial charge is 0.352 e. The summed E-state index contributed by atoms with van der Waals surface area (Å²) >= 11 is 0. The summed E-state index contributed by atoms with van der Waals surface area (Å²) in [6.45, 7) is 1.87. The highest BCUT2D eigenvalue weighted by atomic mass is 16.2. The Hall–Kier alpha value is -2.83. The van der Waals surface area contributed by atoms with E-state index in [9.17, 15) is 9.59 Å². The molecule has 1 aromatic heterocycles. The van der Waals surface area contributed by atoms with Crippen LogP contribution in [0.25, 0.3) is 5.69 Å². The molecule has 3 rings (SSSR count). The molecule has 0 unspecified atom stereocenters. The van der Waals surface area contributed by atoms with Gasteiger partial charge in [-0.25, -0.2) is 9.48 Å². The summed E-state index contributed by atoms with van der Waals surface area (Å²) < 4.78 is 1.71. The van der Waals surface area contributed by atoms with Crippen LogP contribution >= 0.6 is 0 Å². The lowest BCUT2D eigenvalue weighted by atomic mass is 9.95. The van der Waals surface area contributed by atoms with Crippen LogP contribution in [-0.4, -0.2) is 34.3 Å². The molecular weight excluding hydrogens is 330 g/mol. The fraction of sp³-hybridized carbons (Fsp3) is 0.421. The second-order valence-corrected chi connectivity index (χ2v) is 6.63. The van der Waals surface area contributed by atoms with Crippen LogP contribution in [0.3, 0.4) is 0 Å². The summed E-state index contributed by atoms with van der Waals surface area (Å²) in [6, 6.07) is 9.11. The molecule has 0 atom stereocenters. The summed E-state index contributed by atoms with van der Waals surface area (Å²) in [5, 5.41) is 12.8. The summed E-state index contributed by atoms with van der Waals surface area (Å²) in [7, 11) is 0. The number of hydrogen-bond donors (Lipinski definition) is 3. The first-order valence-corrected chi connectivity index (χ1v) is 9.08. The average Bonchev–Trinajstić information content (AvgIpc) is 3.07. The lowest BCUT2D eigenvalue weighted by Gasteiger charge is -2.22. The standard InChI is InChI=1S/C19H25N5O2/c1-14-11-12-24(23-14)17-10-6-5-9-16(17)22-19(26)20-13-18(25)21-15-7-3-2-4-8-15/h5-6,9-12,15H,2-4,7-8,13H2,1H3,(H,21,25)(H2,20,22,26). The SMILES string of the molecule is Cc1ccn(-c2ccccc2NC(=O)NCC(=O)NC2CCCCC2)n1. The Morgan fingerprint density at radius 3 is 2.65 bits per heavy atom. The molecule has 0 bridgehead atoms. The van der Waals surface area contributed by atoms with Crippen LogP contribution in [-0.2, 0) is 4.79 Å². The summed E-state index contributed by atoms with van der Waals surface area (Å²) in [5.41, 5.74) is 2.28. The molecule has 1 saturated carbocycles. The molecule has 3 N–H and O–H groups in total. The van der Waals surface area contributed by atoms with E-state index in [1.165, 1.54) is 6.42 Å². The monoisotopic (exact) mass is 355 g/mol.